The Morgan fingerprint density at radius 2 is 2.06 bits per heavy atom. The highest BCUT2D eigenvalue weighted by Gasteiger charge is 2.02. The number of oxime groups is 1. The molecule has 0 aromatic heterocycles. The van der Waals surface area contributed by atoms with Gasteiger partial charge >= 0.3 is 6.03 Å². The van der Waals surface area contributed by atoms with Crippen molar-refractivity contribution in [1.82, 2.24) is 5.32 Å². The van der Waals surface area contributed by atoms with Crippen molar-refractivity contribution in [2.75, 3.05) is 11.9 Å². The van der Waals surface area contributed by atoms with Gasteiger partial charge < -0.3 is 21.6 Å². The summed E-state index contributed by atoms with van der Waals surface area (Å²) in [6.45, 7) is 2.61. The van der Waals surface area contributed by atoms with E-state index < -0.39 is 0 Å². The highest BCUT2D eigenvalue weighted by molar-refractivity contribution is 5.97. The van der Waals surface area contributed by atoms with Gasteiger partial charge in [0.2, 0.25) is 0 Å². The summed E-state index contributed by atoms with van der Waals surface area (Å²) in [5, 5.41) is 16.7. The number of carbonyl (C=O) groups is 1. The fraction of sp³-hybridized carbons (Fsp3) is 0.273. The minimum Gasteiger partial charge on any atom is -0.409 e. The normalized spacial score (nSPS) is 11.0. The van der Waals surface area contributed by atoms with E-state index in [1.807, 2.05) is 6.92 Å². The predicted octanol–water partition coefficient (Wildman–Crippen LogP) is 1.31. The van der Waals surface area contributed by atoms with Gasteiger partial charge in [0.25, 0.3) is 0 Å². The molecule has 1 aromatic carbocycles. The Morgan fingerprint density at radius 1 is 1.41 bits per heavy atom. The third-order valence-corrected chi connectivity index (χ3v) is 2.08. The van der Waals surface area contributed by atoms with Crippen LogP contribution in [0.1, 0.15) is 18.9 Å². The van der Waals surface area contributed by atoms with Crippen LogP contribution < -0.4 is 16.4 Å². The zero-order valence-electron chi connectivity index (χ0n) is 9.60. The first-order valence-electron chi connectivity index (χ1n) is 5.30. The minimum absolute atomic E-state index is 0.0342. The molecule has 6 heteroatoms. The summed E-state index contributed by atoms with van der Waals surface area (Å²) in [4.78, 5) is 11.3. The number of nitrogens with two attached hydrogens (primary N) is 1. The van der Waals surface area contributed by atoms with E-state index in [0.29, 0.717) is 17.8 Å². The number of benzene rings is 1. The summed E-state index contributed by atoms with van der Waals surface area (Å²) in [7, 11) is 0. The Bertz CT molecular complexity index is 400. The smallest absolute Gasteiger partial charge is 0.319 e. The minimum atomic E-state index is -0.247. The monoisotopic (exact) mass is 236 g/mol. The van der Waals surface area contributed by atoms with Crippen LogP contribution in [0.4, 0.5) is 10.5 Å². The fourth-order valence-electron chi connectivity index (χ4n) is 1.20. The van der Waals surface area contributed by atoms with Crippen LogP contribution in [0.25, 0.3) is 0 Å². The Balaban J connectivity index is 2.59. The van der Waals surface area contributed by atoms with Crippen molar-refractivity contribution in [3.05, 3.63) is 29.8 Å². The largest absolute Gasteiger partial charge is 0.409 e. The molecule has 1 rings (SSSR count). The van der Waals surface area contributed by atoms with Crippen LogP contribution in [0.5, 0.6) is 0 Å². The Hall–Kier alpha value is -2.24. The van der Waals surface area contributed by atoms with Gasteiger partial charge in [0, 0.05) is 17.8 Å². The predicted molar refractivity (Wildman–Crippen MR) is 66.3 cm³/mol. The number of anilines is 1. The standard InChI is InChI=1S/C11H16N4O2/c1-2-7-13-11(16)14-9-5-3-8(4-6-9)10(12)15-17/h3-6,17H,2,7H2,1H3,(H2,12,15)(H2,13,14,16). The molecule has 0 atom stereocenters. The molecule has 2 amide bonds. The van der Waals surface area contributed by atoms with E-state index in [4.69, 9.17) is 10.9 Å². The molecule has 0 aliphatic heterocycles. The maximum absolute atomic E-state index is 11.3. The summed E-state index contributed by atoms with van der Waals surface area (Å²) in [6, 6.07) is 6.43. The van der Waals surface area contributed by atoms with E-state index in [0.717, 1.165) is 6.42 Å². The average molecular weight is 236 g/mol. The average Bonchev–Trinajstić information content (AvgIpc) is 2.36. The van der Waals surface area contributed by atoms with Crippen molar-refractivity contribution < 1.29 is 10.0 Å². The lowest BCUT2D eigenvalue weighted by atomic mass is 10.2. The molecule has 1 aromatic rings. The number of nitrogens with one attached hydrogen (secondary N) is 2. The number of amidine groups is 1. The molecule has 0 fully saturated rings. The van der Waals surface area contributed by atoms with Crippen LogP contribution in [0.15, 0.2) is 29.4 Å². The molecule has 0 bridgehead atoms. The third kappa shape index (κ3) is 4.02. The molecule has 0 spiro atoms. The zero-order valence-corrected chi connectivity index (χ0v) is 9.60. The van der Waals surface area contributed by atoms with Crippen molar-refractivity contribution in [2.45, 2.75) is 13.3 Å². The molecule has 0 saturated carbocycles. The maximum Gasteiger partial charge on any atom is 0.319 e. The third-order valence-electron chi connectivity index (χ3n) is 2.08. The molecule has 6 nitrogen and oxygen atoms in total. The van der Waals surface area contributed by atoms with Crippen LogP contribution in [0.2, 0.25) is 0 Å². The van der Waals surface area contributed by atoms with Gasteiger partial charge in [0.1, 0.15) is 0 Å². The first kappa shape index (κ1) is 12.8. The Kier molecular flexibility index (Phi) is 4.80. The van der Waals surface area contributed by atoms with Gasteiger partial charge in [0.15, 0.2) is 5.84 Å². The molecule has 0 heterocycles. The second-order valence-electron chi connectivity index (χ2n) is 3.44. The van der Waals surface area contributed by atoms with E-state index >= 15 is 0 Å². The molecule has 5 N–H and O–H groups in total. The van der Waals surface area contributed by atoms with Gasteiger partial charge in [-0.15, -0.1) is 0 Å². The molecule has 92 valence electrons. The van der Waals surface area contributed by atoms with Crippen LogP contribution in [-0.4, -0.2) is 23.6 Å². The van der Waals surface area contributed by atoms with E-state index in [1.165, 1.54) is 0 Å². The Morgan fingerprint density at radius 3 is 2.59 bits per heavy atom. The number of amides is 2. The summed E-state index contributed by atoms with van der Waals surface area (Å²) in [6.07, 6.45) is 0.885. The lowest BCUT2D eigenvalue weighted by Crippen LogP contribution is -2.29. The molecule has 0 saturated heterocycles. The van der Waals surface area contributed by atoms with Gasteiger partial charge in [0.05, 0.1) is 0 Å². The lowest BCUT2D eigenvalue weighted by molar-refractivity contribution is 0.252. The van der Waals surface area contributed by atoms with Gasteiger partial charge in [-0.3, -0.25) is 0 Å². The zero-order chi connectivity index (χ0) is 12.7. The second kappa shape index (κ2) is 6.37. The summed E-state index contributed by atoms with van der Waals surface area (Å²) < 4.78 is 0. The lowest BCUT2D eigenvalue weighted by Gasteiger charge is -2.07. The number of urea groups is 1. The number of hydrogen-bond donors (Lipinski definition) is 4. The summed E-state index contributed by atoms with van der Waals surface area (Å²) in [5.41, 5.74) is 6.65. The number of rotatable bonds is 4. The Labute approximate surface area is 99.5 Å². The van der Waals surface area contributed by atoms with E-state index in [1.54, 1.807) is 24.3 Å². The van der Waals surface area contributed by atoms with Crippen molar-refractivity contribution in [2.24, 2.45) is 10.9 Å². The molecular weight excluding hydrogens is 220 g/mol. The summed E-state index contributed by atoms with van der Waals surface area (Å²) in [5.74, 6) is 0.0342. The number of hydrogen-bond acceptors (Lipinski definition) is 3. The quantitative estimate of drug-likeness (QED) is 0.274. The van der Waals surface area contributed by atoms with Crippen LogP contribution in [0, 0.1) is 0 Å². The molecule has 0 radical (unpaired) electrons. The van der Waals surface area contributed by atoms with Crippen molar-refractivity contribution in [3.63, 3.8) is 0 Å². The molecule has 0 unspecified atom stereocenters. The molecule has 0 aliphatic rings. The van der Waals surface area contributed by atoms with E-state index in [2.05, 4.69) is 15.8 Å². The molecule has 0 aliphatic carbocycles. The molecule has 17 heavy (non-hydrogen) atoms. The van der Waals surface area contributed by atoms with Crippen molar-refractivity contribution in [1.29, 1.82) is 0 Å². The topological polar surface area (TPSA) is 99.7 Å². The van der Waals surface area contributed by atoms with E-state index in [-0.39, 0.29) is 11.9 Å². The highest BCUT2D eigenvalue weighted by Crippen LogP contribution is 2.09. The van der Waals surface area contributed by atoms with Crippen LogP contribution in [0.3, 0.4) is 0 Å². The van der Waals surface area contributed by atoms with Crippen LogP contribution in [-0.2, 0) is 0 Å². The van der Waals surface area contributed by atoms with Gasteiger partial charge in [-0.05, 0) is 30.7 Å². The summed E-state index contributed by atoms with van der Waals surface area (Å²) >= 11 is 0. The molecular formula is C11H16N4O2. The SMILES string of the molecule is CCCNC(=O)Nc1ccc(/C(N)=N/O)cc1. The van der Waals surface area contributed by atoms with Crippen LogP contribution >= 0.6 is 0 Å². The highest BCUT2D eigenvalue weighted by atomic mass is 16.4. The van der Waals surface area contributed by atoms with Gasteiger partial charge in [-0.25, -0.2) is 4.79 Å². The second-order valence-corrected chi connectivity index (χ2v) is 3.44. The maximum atomic E-state index is 11.3. The van der Waals surface area contributed by atoms with E-state index in [9.17, 15) is 4.79 Å². The van der Waals surface area contributed by atoms with Gasteiger partial charge in [-0.1, -0.05) is 12.1 Å². The first-order chi connectivity index (χ1) is 8.17. The van der Waals surface area contributed by atoms with Crippen molar-refractivity contribution >= 4 is 17.6 Å². The number of carbonyl (C=O) groups excluding carboxylic acids is 1. The van der Waals surface area contributed by atoms with Crippen molar-refractivity contribution in [3.8, 4) is 0 Å². The van der Waals surface area contributed by atoms with Gasteiger partial charge in [-0.2, -0.15) is 0 Å². The number of nitrogens with zero attached hydrogens (tertiary/aromatic N) is 1. The first-order valence-corrected chi connectivity index (χ1v) is 5.30. The fourth-order valence-corrected chi connectivity index (χ4v) is 1.20.